The fourth-order valence-electron chi connectivity index (χ4n) is 2.06. The van der Waals surface area contributed by atoms with E-state index < -0.39 is 16.1 Å². The summed E-state index contributed by atoms with van der Waals surface area (Å²) in [5, 5.41) is 5.61. The van der Waals surface area contributed by atoms with E-state index in [-0.39, 0.29) is 16.6 Å². The monoisotopic (exact) mass is 365 g/mol. The molecule has 0 saturated heterocycles. The zero-order valence-electron chi connectivity index (χ0n) is 14.2. The standard InChI is InChI=1S/C17H20FN3O3S/c1-12(19-14-9-7-13(18)8-10-14)17(22)20-15-5-4-6-16(11-15)25(23,24)21(2)3/h4-12,19H,1-3H3,(H,20,22)/t12-/m1/s1. The van der Waals surface area contributed by atoms with E-state index in [0.717, 1.165) is 4.31 Å². The number of nitrogens with one attached hydrogen (secondary N) is 2. The van der Waals surface area contributed by atoms with Crippen LogP contribution in [0.25, 0.3) is 0 Å². The van der Waals surface area contributed by atoms with Crippen molar-refractivity contribution in [3.8, 4) is 0 Å². The molecule has 0 aliphatic rings. The molecule has 6 nitrogen and oxygen atoms in total. The van der Waals surface area contributed by atoms with Gasteiger partial charge in [0.05, 0.1) is 4.90 Å². The zero-order chi connectivity index (χ0) is 18.6. The molecule has 0 unspecified atom stereocenters. The Kier molecular flexibility index (Phi) is 5.76. The lowest BCUT2D eigenvalue weighted by molar-refractivity contribution is -0.116. The number of anilines is 2. The summed E-state index contributed by atoms with van der Waals surface area (Å²) in [5.74, 6) is -0.703. The number of carbonyl (C=O) groups excluding carboxylic acids is 1. The zero-order valence-corrected chi connectivity index (χ0v) is 15.0. The Balaban J connectivity index is 2.08. The number of benzene rings is 2. The summed E-state index contributed by atoms with van der Waals surface area (Å²) in [6, 6.07) is 11.1. The van der Waals surface area contributed by atoms with Crippen LogP contribution in [0.5, 0.6) is 0 Å². The Hall–Kier alpha value is -2.45. The Morgan fingerprint density at radius 2 is 1.72 bits per heavy atom. The predicted octanol–water partition coefficient (Wildman–Crippen LogP) is 2.52. The molecule has 2 N–H and O–H groups in total. The summed E-state index contributed by atoms with van der Waals surface area (Å²) in [5.41, 5.74) is 0.980. The Morgan fingerprint density at radius 3 is 2.32 bits per heavy atom. The first kappa shape index (κ1) is 18.9. The van der Waals surface area contributed by atoms with Crippen molar-refractivity contribution in [1.82, 2.24) is 4.31 Å². The molecular weight excluding hydrogens is 345 g/mol. The number of carbonyl (C=O) groups is 1. The van der Waals surface area contributed by atoms with Gasteiger partial charge in [-0.25, -0.2) is 17.1 Å². The minimum Gasteiger partial charge on any atom is -0.374 e. The van der Waals surface area contributed by atoms with Gasteiger partial charge < -0.3 is 10.6 Å². The van der Waals surface area contributed by atoms with E-state index >= 15 is 0 Å². The van der Waals surface area contributed by atoms with E-state index in [2.05, 4.69) is 10.6 Å². The first-order chi connectivity index (χ1) is 11.7. The highest BCUT2D eigenvalue weighted by atomic mass is 32.2. The molecule has 8 heteroatoms. The smallest absolute Gasteiger partial charge is 0.246 e. The van der Waals surface area contributed by atoms with Crippen molar-refractivity contribution in [3.05, 3.63) is 54.3 Å². The maximum Gasteiger partial charge on any atom is 0.246 e. The number of sulfonamides is 1. The van der Waals surface area contributed by atoms with Gasteiger partial charge in [0.15, 0.2) is 0 Å². The number of hydrogen-bond donors (Lipinski definition) is 2. The summed E-state index contributed by atoms with van der Waals surface area (Å²) in [6.07, 6.45) is 0. The molecule has 1 amide bonds. The second kappa shape index (κ2) is 7.62. The molecule has 134 valence electrons. The first-order valence-electron chi connectivity index (χ1n) is 7.56. The highest BCUT2D eigenvalue weighted by molar-refractivity contribution is 7.89. The van der Waals surface area contributed by atoms with Crippen LogP contribution in [0, 0.1) is 5.82 Å². The fourth-order valence-corrected chi connectivity index (χ4v) is 3.01. The second-order valence-corrected chi connectivity index (χ2v) is 7.83. The number of amides is 1. The number of rotatable bonds is 6. The maximum absolute atomic E-state index is 12.9. The third kappa shape index (κ3) is 4.77. The molecule has 0 fully saturated rings. The Bertz CT molecular complexity index is 852. The van der Waals surface area contributed by atoms with Gasteiger partial charge in [-0.1, -0.05) is 6.07 Å². The van der Waals surface area contributed by atoms with E-state index in [9.17, 15) is 17.6 Å². The number of hydrogen-bond acceptors (Lipinski definition) is 4. The van der Waals surface area contributed by atoms with Gasteiger partial charge in [0.25, 0.3) is 0 Å². The van der Waals surface area contributed by atoms with E-state index in [1.165, 1.54) is 50.5 Å². The maximum atomic E-state index is 12.9. The average Bonchev–Trinajstić information content (AvgIpc) is 2.57. The summed E-state index contributed by atoms with van der Waals surface area (Å²) in [7, 11) is -0.698. The SMILES string of the molecule is C[C@@H](Nc1ccc(F)cc1)C(=O)Nc1cccc(S(=O)(=O)N(C)C)c1. The number of nitrogens with zero attached hydrogens (tertiary/aromatic N) is 1. The largest absolute Gasteiger partial charge is 0.374 e. The van der Waals surface area contributed by atoms with Gasteiger partial charge >= 0.3 is 0 Å². The van der Waals surface area contributed by atoms with Crippen molar-refractivity contribution in [2.24, 2.45) is 0 Å². The molecule has 0 aliphatic carbocycles. The van der Waals surface area contributed by atoms with Crippen molar-refractivity contribution in [3.63, 3.8) is 0 Å². The van der Waals surface area contributed by atoms with Crippen LogP contribution >= 0.6 is 0 Å². The van der Waals surface area contributed by atoms with Gasteiger partial charge in [-0.2, -0.15) is 0 Å². The molecular formula is C17H20FN3O3S. The predicted molar refractivity (Wildman–Crippen MR) is 95.4 cm³/mol. The van der Waals surface area contributed by atoms with Crippen LogP contribution in [0.1, 0.15) is 6.92 Å². The molecule has 25 heavy (non-hydrogen) atoms. The molecule has 2 aromatic rings. The molecule has 0 aliphatic heterocycles. The lowest BCUT2D eigenvalue weighted by Gasteiger charge is -2.16. The molecule has 0 aromatic heterocycles. The van der Waals surface area contributed by atoms with Gasteiger partial charge in [0.1, 0.15) is 11.9 Å². The van der Waals surface area contributed by atoms with Gasteiger partial charge in [0, 0.05) is 25.5 Å². The highest BCUT2D eigenvalue weighted by Crippen LogP contribution is 2.18. The molecule has 0 saturated carbocycles. The van der Waals surface area contributed by atoms with E-state index in [1.807, 2.05) is 0 Å². The van der Waals surface area contributed by atoms with E-state index in [4.69, 9.17) is 0 Å². The third-order valence-electron chi connectivity index (χ3n) is 3.50. The van der Waals surface area contributed by atoms with Gasteiger partial charge in [-0.15, -0.1) is 0 Å². The van der Waals surface area contributed by atoms with Crippen LogP contribution < -0.4 is 10.6 Å². The van der Waals surface area contributed by atoms with Crippen LogP contribution in [-0.2, 0) is 14.8 Å². The number of halogens is 1. The lowest BCUT2D eigenvalue weighted by atomic mass is 10.2. The van der Waals surface area contributed by atoms with Crippen molar-refractivity contribution >= 4 is 27.3 Å². The summed E-state index contributed by atoms with van der Waals surface area (Å²) < 4.78 is 38.3. The van der Waals surface area contributed by atoms with Crippen molar-refractivity contribution < 1.29 is 17.6 Å². The molecule has 2 aromatic carbocycles. The molecule has 0 radical (unpaired) electrons. The van der Waals surface area contributed by atoms with Crippen LogP contribution in [-0.4, -0.2) is 38.8 Å². The summed E-state index contributed by atoms with van der Waals surface area (Å²) in [6.45, 7) is 1.65. The lowest BCUT2D eigenvalue weighted by Crippen LogP contribution is -2.32. The van der Waals surface area contributed by atoms with E-state index in [0.29, 0.717) is 11.4 Å². The van der Waals surface area contributed by atoms with Crippen molar-refractivity contribution in [2.45, 2.75) is 17.9 Å². The quantitative estimate of drug-likeness (QED) is 0.825. The Morgan fingerprint density at radius 1 is 1.08 bits per heavy atom. The van der Waals surface area contributed by atoms with Gasteiger partial charge in [-0.05, 0) is 49.4 Å². The Labute approximate surface area is 146 Å². The van der Waals surface area contributed by atoms with Crippen LogP contribution in [0.2, 0.25) is 0 Å². The van der Waals surface area contributed by atoms with Crippen molar-refractivity contribution in [1.29, 1.82) is 0 Å². The van der Waals surface area contributed by atoms with Crippen molar-refractivity contribution in [2.75, 3.05) is 24.7 Å². The third-order valence-corrected chi connectivity index (χ3v) is 5.31. The van der Waals surface area contributed by atoms with E-state index in [1.54, 1.807) is 19.1 Å². The van der Waals surface area contributed by atoms with Gasteiger partial charge in [0.2, 0.25) is 15.9 Å². The summed E-state index contributed by atoms with van der Waals surface area (Å²) in [4.78, 5) is 12.4. The highest BCUT2D eigenvalue weighted by Gasteiger charge is 2.18. The average molecular weight is 365 g/mol. The van der Waals surface area contributed by atoms with Crippen LogP contribution in [0.4, 0.5) is 15.8 Å². The van der Waals surface area contributed by atoms with Crippen LogP contribution in [0.3, 0.4) is 0 Å². The summed E-state index contributed by atoms with van der Waals surface area (Å²) >= 11 is 0. The minimum absolute atomic E-state index is 0.0921. The van der Waals surface area contributed by atoms with Gasteiger partial charge in [-0.3, -0.25) is 4.79 Å². The second-order valence-electron chi connectivity index (χ2n) is 5.68. The first-order valence-corrected chi connectivity index (χ1v) is 9.00. The van der Waals surface area contributed by atoms with Crippen LogP contribution in [0.15, 0.2) is 53.4 Å². The molecule has 0 bridgehead atoms. The minimum atomic E-state index is -3.58. The molecule has 0 heterocycles. The normalized spacial score (nSPS) is 12.7. The fraction of sp³-hybridized carbons (Fsp3) is 0.235. The molecule has 0 spiro atoms. The molecule has 2 rings (SSSR count). The topological polar surface area (TPSA) is 78.5 Å². The molecule has 1 atom stereocenters.